The Bertz CT molecular complexity index is 1030. The van der Waals surface area contributed by atoms with Gasteiger partial charge < -0.3 is 34.7 Å². The molecule has 2 aromatic carbocycles. The monoisotopic (exact) mass is 439 g/mol. The molecule has 0 radical (unpaired) electrons. The third kappa shape index (κ3) is 2.60. The van der Waals surface area contributed by atoms with Gasteiger partial charge in [-0.1, -0.05) is 12.1 Å². The van der Waals surface area contributed by atoms with Gasteiger partial charge in [-0.25, -0.2) is 0 Å². The summed E-state index contributed by atoms with van der Waals surface area (Å²) < 4.78 is 23.3. The minimum absolute atomic E-state index is 0.0849. The Kier molecular flexibility index (Phi) is 4.47. The highest BCUT2D eigenvalue weighted by Gasteiger charge is 2.62. The number of methoxy groups -OCH3 is 3. The van der Waals surface area contributed by atoms with Gasteiger partial charge in [0.2, 0.25) is 5.75 Å². The van der Waals surface area contributed by atoms with Crippen LogP contribution < -0.4 is 24.8 Å². The number of nitrogens with one attached hydrogen (secondary N) is 2. The number of hydrogen-bond donors (Lipinski definition) is 3. The van der Waals surface area contributed by atoms with E-state index in [0.29, 0.717) is 23.7 Å². The number of hydrogen-bond acceptors (Lipinski definition) is 8. The highest BCUT2D eigenvalue weighted by Crippen LogP contribution is 2.54. The van der Waals surface area contributed by atoms with E-state index in [9.17, 15) is 5.11 Å². The number of fused-ring (bicyclic) bond motifs is 4. The van der Waals surface area contributed by atoms with Crippen molar-refractivity contribution in [2.45, 2.75) is 49.4 Å². The summed E-state index contributed by atoms with van der Waals surface area (Å²) in [6.07, 6.45) is 2.04. The Balaban J connectivity index is 1.35. The van der Waals surface area contributed by atoms with Gasteiger partial charge in [0.15, 0.2) is 17.2 Å². The van der Waals surface area contributed by atoms with Gasteiger partial charge in [0, 0.05) is 24.6 Å². The molecule has 8 nitrogen and oxygen atoms in total. The van der Waals surface area contributed by atoms with Crippen molar-refractivity contribution in [3.63, 3.8) is 0 Å². The number of anilines is 2. The molecule has 0 aromatic heterocycles. The molecule has 170 valence electrons. The van der Waals surface area contributed by atoms with E-state index in [0.717, 1.165) is 41.9 Å². The Labute approximate surface area is 187 Å². The summed E-state index contributed by atoms with van der Waals surface area (Å²) in [6, 6.07) is 9.95. The Morgan fingerprint density at radius 2 is 1.75 bits per heavy atom. The van der Waals surface area contributed by atoms with Crippen LogP contribution in [0.25, 0.3) is 0 Å². The lowest BCUT2D eigenvalue weighted by atomic mass is 9.84. The fourth-order valence-electron chi connectivity index (χ4n) is 6.05. The van der Waals surface area contributed by atoms with Crippen LogP contribution in [0.4, 0.5) is 11.4 Å². The quantitative estimate of drug-likeness (QED) is 0.656. The Morgan fingerprint density at radius 3 is 2.38 bits per heavy atom. The number of aliphatic hydroxyl groups excluding tert-OH is 1. The van der Waals surface area contributed by atoms with Gasteiger partial charge in [0.1, 0.15) is 6.17 Å². The summed E-state index contributed by atoms with van der Waals surface area (Å²) in [5.41, 5.74) is 3.44. The van der Waals surface area contributed by atoms with Crippen molar-refractivity contribution in [3.8, 4) is 17.2 Å². The zero-order valence-corrected chi connectivity index (χ0v) is 18.6. The molecule has 3 fully saturated rings. The second kappa shape index (κ2) is 7.16. The predicted molar refractivity (Wildman–Crippen MR) is 120 cm³/mol. The molecule has 7 rings (SSSR count). The number of benzene rings is 2. The minimum Gasteiger partial charge on any atom is -0.493 e. The van der Waals surface area contributed by atoms with Gasteiger partial charge in [-0.2, -0.15) is 0 Å². The van der Waals surface area contributed by atoms with Gasteiger partial charge in [-0.05, 0) is 36.6 Å². The maximum atomic E-state index is 11.5. The molecule has 1 aliphatic carbocycles. The largest absolute Gasteiger partial charge is 0.493 e. The fourth-order valence-corrected chi connectivity index (χ4v) is 6.05. The Morgan fingerprint density at radius 1 is 1.06 bits per heavy atom. The molecular formula is C24H29N3O5. The van der Waals surface area contributed by atoms with Crippen LogP contribution in [0.5, 0.6) is 17.2 Å². The van der Waals surface area contributed by atoms with Gasteiger partial charge in [-0.15, -0.1) is 0 Å². The van der Waals surface area contributed by atoms with Gasteiger partial charge in [-0.3, -0.25) is 4.90 Å². The number of rotatable bonds is 5. The smallest absolute Gasteiger partial charge is 0.203 e. The number of aliphatic hydroxyl groups is 1. The summed E-state index contributed by atoms with van der Waals surface area (Å²) in [7, 11) is 4.83. The third-order valence-corrected chi connectivity index (χ3v) is 7.51. The lowest BCUT2D eigenvalue weighted by Gasteiger charge is -2.62. The Hall–Kier alpha value is -2.68. The van der Waals surface area contributed by atoms with Crippen LogP contribution in [0.2, 0.25) is 0 Å². The second-order valence-corrected chi connectivity index (χ2v) is 8.97. The van der Waals surface area contributed by atoms with Gasteiger partial charge in [0.05, 0.1) is 44.9 Å². The highest BCUT2D eigenvalue weighted by molar-refractivity contribution is 5.74. The normalized spacial score (nSPS) is 30.6. The zero-order chi connectivity index (χ0) is 22.0. The van der Waals surface area contributed by atoms with E-state index in [1.165, 1.54) is 0 Å². The molecular weight excluding hydrogens is 410 g/mol. The van der Waals surface area contributed by atoms with Crippen LogP contribution >= 0.6 is 0 Å². The first kappa shape index (κ1) is 20.0. The van der Waals surface area contributed by atoms with E-state index in [1.54, 1.807) is 21.3 Å². The third-order valence-electron chi connectivity index (χ3n) is 7.51. The molecule has 3 N–H and O–H groups in total. The number of piperidine rings is 1. The number of para-hydroxylation sites is 2. The molecule has 8 heteroatoms. The average molecular weight is 440 g/mol. The van der Waals surface area contributed by atoms with Crippen molar-refractivity contribution >= 4 is 11.4 Å². The van der Waals surface area contributed by atoms with Crippen molar-refractivity contribution in [3.05, 3.63) is 41.5 Å². The lowest BCUT2D eigenvalue weighted by Crippen LogP contribution is -2.76. The highest BCUT2D eigenvalue weighted by atomic mass is 16.6. The van der Waals surface area contributed by atoms with Crippen molar-refractivity contribution in [2.75, 3.05) is 38.5 Å². The van der Waals surface area contributed by atoms with Crippen LogP contribution in [0.3, 0.4) is 0 Å². The maximum absolute atomic E-state index is 11.5. The van der Waals surface area contributed by atoms with Crippen LogP contribution in [0.1, 0.15) is 30.1 Å². The molecule has 2 aromatic rings. The van der Waals surface area contributed by atoms with E-state index in [4.69, 9.17) is 18.9 Å². The zero-order valence-electron chi connectivity index (χ0n) is 18.6. The van der Waals surface area contributed by atoms with E-state index in [1.807, 2.05) is 18.2 Å². The molecule has 5 aliphatic rings. The van der Waals surface area contributed by atoms with E-state index < -0.39 is 11.8 Å². The minimum atomic E-state index is -0.680. The maximum Gasteiger partial charge on any atom is 0.203 e. The topological polar surface area (TPSA) is 84.5 Å². The molecule has 0 amide bonds. The molecule has 4 unspecified atom stereocenters. The summed E-state index contributed by atoms with van der Waals surface area (Å²) in [5, 5.41) is 18.7. The molecule has 4 aliphatic heterocycles. The van der Waals surface area contributed by atoms with Crippen molar-refractivity contribution in [1.82, 2.24) is 4.90 Å². The van der Waals surface area contributed by atoms with Crippen molar-refractivity contribution < 1.29 is 24.1 Å². The van der Waals surface area contributed by atoms with Crippen molar-refractivity contribution in [1.29, 1.82) is 0 Å². The van der Waals surface area contributed by atoms with Gasteiger partial charge >= 0.3 is 0 Å². The predicted octanol–water partition coefficient (Wildman–Crippen LogP) is 2.73. The van der Waals surface area contributed by atoms with Crippen LogP contribution in [0, 0.1) is 0 Å². The van der Waals surface area contributed by atoms with E-state index in [2.05, 4.69) is 27.7 Å². The average Bonchev–Trinajstić information content (AvgIpc) is 3.38. The number of nitrogens with zero attached hydrogens (tertiary/aromatic N) is 1. The summed E-state index contributed by atoms with van der Waals surface area (Å²) in [4.78, 5) is 2.35. The van der Waals surface area contributed by atoms with Crippen LogP contribution in [-0.2, 0) is 11.2 Å². The molecule has 32 heavy (non-hydrogen) atoms. The van der Waals surface area contributed by atoms with Crippen LogP contribution in [0.15, 0.2) is 30.3 Å². The first-order chi connectivity index (χ1) is 15.6. The fraction of sp³-hybridized carbons (Fsp3) is 0.500. The lowest BCUT2D eigenvalue weighted by molar-refractivity contribution is -0.329. The number of ether oxygens (including phenoxy) is 4. The van der Waals surface area contributed by atoms with Gasteiger partial charge in [0.25, 0.3) is 0 Å². The van der Waals surface area contributed by atoms with E-state index >= 15 is 0 Å². The van der Waals surface area contributed by atoms with E-state index in [-0.39, 0.29) is 18.3 Å². The molecule has 0 spiro atoms. The SMILES string of the molecule is COc1cc2c(c(OC)c1OC)CC(N1CCC3CC1(C1Nc4ccccc4N1)O3)C2O. The molecule has 3 saturated heterocycles. The molecule has 4 atom stereocenters. The van der Waals surface area contributed by atoms with Crippen LogP contribution in [-0.4, -0.2) is 61.9 Å². The molecule has 2 bridgehead atoms. The first-order valence-corrected chi connectivity index (χ1v) is 11.2. The molecule has 0 saturated carbocycles. The summed E-state index contributed by atoms with van der Waals surface area (Å²) in [6.45, 7) is 0.868. The molecule has 4 heterocycles. The summed E-state index contributed by atoms with van der Waals surface area (Å²) >= 11 is 0. The first-order valence-electron chi connectivity index (χ1n) is 11.2. The second-order valence-electron chi connectivity index (χ2n) is 8.97. The van der Waals surface area contributed by atoms with Crippen molar-refractivity contribution in [2.24, 2.45) is 0 Å². The summed E-state index contributed by atoms with van der Waals surface area (Å²) in [5.74, 6) is 1.75. The standard InChI is InChI=1S/C24H29N3O5/c1-29-19-11-14-15(21(30-2)22(19)31-3)10-18(20(14)28)27-9-8-13-12-24(27,32-13)23-25-16-6-4-5-7-17(16)26-23/h4-7,11,13,18,20,23,25-26,28H,8-10,12H2,1-3H3.